The lowest BCUT2D eigenvalue weighted by molar-refractivity contribution is 0.0929. The Morgan fingerprint density at radius 1 is 1.31 bits per heavy atom. The molecular weight excluding hydrogens is 205 g/mol. The molecule has 0 amide bonds. The van der Waals surface area contributed by atoms with Crippen molar-refractivity contribution in [2.24, 2.45) is 0 Å². The van der Waals surface area contributed by atoms with Gasteiger partial charge < -0.3 is 10.1 Å². The first kappa shape index (κ1) is 13.1. The zero-order valence-corrected chi connectivity index (χ0v) is 10.4. The average Bonchev–Trinajstić information content (AvgIpc) is 2.20. The Balaban J connectivity index is 2.72. The fourth-order valence-electron chi connectivity index (χ4n) is 1.46. The van der Waals surface area contributed by atoms with Gasteiger partial charge in [0.25, 0.3) is 0 Å². The molecule has 0 aliphatic rings. The normalized spacial score (nSPS) is 13.8. The van der Waals surface area contributed by atoms with Crippen molar-refractivity contribution in [1.82, 2.24) is 5.32 Å². The summed E-state index contributed by atoms with van der Waals surface area (Å²) in [5, 5.41) is 3.31. The summed E-state index contributed by atoms with van der Waals surface area (Å²) in [6.07, 6.45) is -0.250. The van der Waals surface area contributed by atoms with E-state index in [-0.39, 0.29) is 17.5 Å². The molecule has 3 heteroatoms. The number of nitrogens with one attached hydrogen (secondary N) is 1. The smallest absolute Gasteiger partial charge is 0.129 e. The monoisotopic (exact) mass is 225 g/mol. The second kappa shape index (κ2) is 5.41. The largest absolute Gasteiger partial charge is 0.375 e. The SMILES string of the molecule is COC(CNC(C)(C)C)c1ccccc1F. The molecule has 1 N–H and O–H groups in total. The maximum Gasteiger partial charge on any atom is 0.129 e. The minimum absolute atomic E-state index is 0.00202. The van der Waals surface area contributed by atoms with E-state index >= 15 is 0 Å². The highest BCUT2D eigenvalue weighted by atomic mass is 19.1. The van der Waals surface area contributed by atoms with Gasteiger partial charge in [0.15, 0.2) is 0 Å². The van der Waals surface area contributed by atoms with Gasteiger partial charge in [-0.15, -0.1) is 0 Å². The Hall–Kier alpha value is -0.930. The summed E-state index contributed by atoms with van der Waals surface area (Å²) in [5.41, 5.74) is 0.601. The summed E-state index contributed by atoms with van der Waals surface area (Å²) in [4.78, 5) is 0. The summed E-state index contributed by atoms with van der Waals surface area (Å²) >= 11 is 0. The van der Waals surface area contributed by atoms with E-state index < -0.39 is 0 Å². The Kier molecular flexibility index (Phi) is 4.44. The highest BCUT2D eigenvalue weighted by Gasteiger charge is 2.17. The molecular formula is C13H20FNO. The van der Waals surface area contributed by atoms with E-state index in [0.717, 1.165) is 0 Å². The molecule has 1 rings (SSSR count). The van der Waals surface area contributed by atoms with Crippen LogP contribution < -0.4 is 5.32 Å². The van der Waals surface area contributed by atoms with Gasteiger partial charge in [-0.3, -0.25) is 0 Å². The molecule has 0 fully saturated rings. The fraction of sp³-hybridized carbons (Fsp3) is 0.538. The van der Waals surface area contributed by atoms with Crippen LogP contribution in [-0.2, 0) is 4.74 Å². The first-order valence-electron chi connectivity index (χ1n) is 5.46. The molecule has 0 heterocycles. The van der Waals surface area contributed by atoms with Crippen molar-refractivity contribution in [2.45, 2.75) is 32.4 Å². The molecule has 0 saturated heterocycles. The van der Waals surface area contributed by atoms with Crippen LogP contribution in [0, 0.1) is 5.82 Å². The highest BCUT2D eigenvalue weighted by Crippen LogP contribution is 2.19. The van der Waals surface area contributed by atoms with Crippen LogP contribution in [0.25, 0.3) is 0 Å². The number of rotatable bonds is 4. The number of hydrogen-bond acceptors (Lipinski definition) is 2. The topological polar surface area (TPSA) is 21.3 Å². The maximum atomic E-state index is 13.5. The van der Waals surface area contributed by atoms with Crippen molar-refractivity contribution >= 4 is 0 Å². The van der Waals surface area contributed by atoms with Crippen LogP contribution in [0.2, 0.25) is 0 Å². The third-order valence-corrected chi connectivity index (χ3v) is 2.35. The molecule has 0 saturated carbocycles. The van der Waals surface area contributed by atoms with Crippen molar-refractivity contribution < 1.29 is 9.13 Å². The number of hydrogen-bond donors (Lipinski definition) is 1. The molecule has 1 aromatic carbocycles. The molecule has 16 heavy (non-hydrogen) atoms. The van der Waals surface area contributed by atoms with Crippen molar-refractivity contribution in [3.63, 3.8) is 0 Å². The van der Waals surface area contributed by atoms with Gasteiger partial charge in [-0.05, 0) is 26.8 Å². The molecule has 0 aliphatic carbocycles. The van der Waals surface area contributed by atoms with Gasteiger partial charge in [-0.2, -0.15) is 0 Å². The number of halogens is 1. The van der Waals surface area contributed by atoms with Crippen molar-refractivity contribution in [3.05, 3.63) is 35.6 Å². The standard InChI is InChI=1S/C13H20FNO/c1-13(2,3)15-9-12(16-4)10-7-5-6-8-11(10)14/h5-8,12,15H,9H2,1-4H3. The second-order valence-electron chi connectivity index (χ2n) is 4.88. The van der Waals surface area contributed by atoms with Gasteiger partial charge in [0.05, 0.1) is 6.10 Å². The van der Waals surface area contributed by atoms with E-state index in [1.807, 2.05) is 6.07 Å². The van der Waals surface area contributed by atoms with Gasteiger partial charge in [-0.1, -0.05) is 18.2 Å². The number of benzene rings is 1. The summed E-state index contributed by atoms with van der Waals surface area (Å²) in [7, 11) is 1.60. The zero-order valence-electron chi connectivity index (χ0n) is 10.4. The predicted octanol–water partition coefficient (Wildman–Crippen LogP) is 2.90. The molecule has 0 radical (unpaired) electrons. The van der Waals surface area contributed by atoms with E-state index in [0.29, 0.717) is 12.1 Å². The lowest BCUT2D eigenvalue weighted by Gasteiger charge is -2.25. The Morgan fingerprint density at radius 2 is 1.94 bits per heavy atom. The van der Waals surface area contributed by atoms with Crippen LogP contribution in [0.4, 0.5) is 4.39 Å². The van der Waals surface area contributed by atoms with Crippen LogP contribution in [0.15, 0.2) is 24.3 Å². The van der Waals surface area contributed by atoms with Crippen molar-refractivity contribution in [3.8, 4) is 0 Å². The summed E-state index contributed by atoms with van der Waals surface area (Å²) in [5.74, 6) is -0.218. The van der Waals surface area contributed by atoms with Gasteiger partial charge in [0, 0.05) is 24.8 Å². The van der Waals surface area contributed by atoms with Crippen LogP contribution in [0.5, 0.6) is 0 Å². The minimum Gasteiger partial charge on any atom is -0.375 e. The van der Waals surface area contributed by atoms with Gasteiger partial charge in [0.2, 0.25) is 0 Å². The maximum absolute atomic E-state index is 13.5. The first-order valence-corrected chi connectivity index (χ1v) is 5.46. The average molecular weight is 225 g/mol. The minimum atomic E-state index is -0.250. The quantitative estimate of drug-likeness (QED) is 0.850. The molecule has 1 atom stereocenters. The first-order chi connectivity index (χ1) is 7.44. The third-order valence-electron chi connectivity index (χ3n) is 2.35. The molecule has 1 aromatic rings. The molecule has 0 aliphatic heterocycles. The highest BCUT2D eigenvalue weighted by molar-refractivity contribution is 5.20. The van der Waals surface area contributed by atoms with E-state index in [2.05, 4.69) is 26.1 Å². The van der Waals surface area contributed by atoms with Gasteiger partial charge in [0.1, 0.15) is 5.82 Å². The Morgan fingerprint density at radius 3 is 2.44 bits per heavy atom. The molecule has 1 unspecified atom stereocenters. The lowest BCUT2D eigenvalue weighted by Crippen LogP contribution is -2.39. The number of ether oxygens (including phenoxy) is 1. The van der Waals surface area contributed by atoms with E-state index in [1.165, 1.54) is 6.07 Å². The molecule has 0 spiro atoms. The Labute approximate surface area is 96.8 Å². The zero-order chi connectivity index (χ0) is 12.2. The van der Waals surface area contributed by atoms with E-state index in [9.17, 15) is 4.39 Å². The molecule has 0 aromatic heterocycles. The summed E-state index contributed by atoms with van der Waals surface area (Å²) < 4.78 is 18.8. The van der Waals surface area contributed by atoms with Crippen molar-refractivity contribution in [2.75, 3.05) is 13.7 Å². The predicted molar refractivity (Wildman–Crippen MR) is 63.9 cm³/mol. The van der Waals surface area contributed by atoms with E-state index in [4.69, 9.17) is 4.74 Å². The lowest BCUT2D eigenvalue weighted by atomic mass is 10.1. The second-order valence-corrected chi connectivity index (χ2v) is 4.88. The van der Waals surface area contributed by atoms with E-state index in [1.54, 1.807) is 19.2 Å². The number of methoxy groups -OCH3 is 1. The third kappa shape index (κ3) is 3.91. The van der Waals surface area contributed by atoms with Crippen LogP contribution in [0.1, 0.15) is 32.4 Å². The molecule has 90 valence electrons. The van der Waals surface area contributed by atoms with Crippen LogP contribution >= 0.6 is 0 Å². The fourth-order valence-corrected chi connectivity index (χ4v) is 1.46. The van der Waals surface area contributed by atoms with Gasteiger partial charge in [-0.25, -0.2) is 4.39 Å². The molecule has 2 nitrogen and oxygen atoms in total. The summed E-state index contributed by atoms with van der Waals surface area (Å²) in [6, 6.07) is 6.72. The molecule has 0 bridgehead atoms. The van der Waals surface area contributed by atoms with Gasteiger partial charge >= 0.3 is 0 Å². The van der Waals surface area contributed by atoms with Crippen molar-refractivity contribution in [1.29, 1.82) is 0 Å². The summed E-state index contributed by atoms with van der Waals surface area (Å²) in [6.45, 7) is 6.81. The van der Waals surface area contributed by atoms with Crippen LogP contribution in [-0.4, -0.2) is 19.2 Å². The Bertz CT molecular complexity index is 333. The van der Waals surface area contributed by atoms with Crippen LogP contribution in [0.3, 0.4) is 0 Å².